The molecule has 2 rings (SSSR count). The molecule has 0 saturated heterocycles. The Kier molecular flexibility index (Phi) is 4.43. The molecule has 1 aromatic carbocycles. The second-order valence-electron chi connectivity index (χ2n) is 4.88. The Morgan fingerprint density at radius 1 is 1.29 bits per heavy atom. The maximum atomic E-state index is 10.1. The standard InChI is InChI=1S/C14H20ClNO/c15-13-7-3-1-5-10(13)12(9-16)11-6-2-4-8-14(11)17/h1,3,5,7,11-12,14,17H,2,4,6,8-9,16H2/t11-,12-,14-/m0/s1. The SMILES string of the molecule is NC[C@@H](c1ccccc1Cl)[C@@H]1CCCC[C@@H]1O. The van der Waals surface area contributed by atoms with Crippen LogP contribution in [0.4, 0.5) is 0 Å². The minimum Gasteiger partial charge on any atom is -0.393 e. The molecule has 0 unspecified atom stereocenters. The molecule has 3 atom stereocenters. The third-order valence-electron chi connectivity index (χ3n) is 3.86. The first-order chi connectivity index (χ1) is 8.24. The molecule has 1 aliphatic carbocycles. The minimum absolute atomic E-state index is 0.180. The van der Waals surface area contributed by atoms with Gasteiger partial charge in [-0.15, -0.1) is 0 Å². The average molecular weight is 254 g/mol. The van der Waals surface area contributed by atoms with E-state index < -0.39 is 0 Å². The van der Waals surface area contributed by atoms with E-state index in [2.05, 4.69) is 0 Å². The van der Waals surface area contributed by atoms with Gasteiger partial charge in [0.25, 0.3) is 0 Å². The Bertz CT molecular complexity index is 369. The van der Waals surface area contributed by atoms with Gasteiger partial charge in [0.2, 0.25) is 0 Å². The second kappa shape index (κ2) is 5.85. The highest BCUT2D eigenvalue weighted by atomic mass is 35.5. The molecule has 2 nitrogen and oxygen atoms in total. The second-order valence-corrected chi connectivity index (χ2v) is 5.29. The molecule has 17 heavy (non-hydrogen) atoms. The summed E-state index contributed by atoms with van der Waals surface area (Å²) in [5.41, 5.74) is 6.98. The molecule has 94 valence electrons. The number of hydrogen-bond acceptors (Lipinski definition) is 2. The van der Waals surface area contributed by atoms with Crippen LogP contribution in [-0.4, -0.2) is 17.8 Å². The summed E-state index contributed by atoms with van der Waals surface area (Å²) >= 11 is 6.23. The summed E-state index contributed by atoms with van der Waals surface area (Å²) in [6, 6.07) is 7.84. The van der Waals surface area contributed by atoms with Crippen LogP contribution in [0.25, 0.3) is 0 Å². The van der Waals surface area contributed by atoms with E-state index in [0.29, 0.717) is 6.54 Å². The van der Waals surface area contributed by atoms with Crippen molar-refractivity contribution in [2.24, 2.45) is 11.7 Å². The van der Waals surface area contributed by atoms with Gasteiger partial charge in [-0.1, -0.05) is 42.6 Å². The van der Waals surface area contributed by atoms with E-state index in [1.807, 2.05) is 24.3 Å². The van der Waals surface area contributed by atoms with Crippen molar-refractivity contribution in [3.63, 3.8) is 0 Å². The van der Waals surface area contributed by atoms with E-state index in [-0.39, 0.29) is 17.9 Å². The van der Waals surface area contributed by atoms with Crippen LogP contribution in [0.3, 0.4) is 0 Å². The van der Waals surface area contributed by atoms with Crippen molar-refractivity contribution in [1.82, 2.24) is 0 Å². The number of aliphatic hydroxyl groups excluding tert-OH is 1. The topological polar surface area (TPSA) is 46.2 Å². The summed E-state index contributed by atoms with van der Waals surface area (Å²) in [7, 11) is 0. The van der Waals surface area contributed by atoms with Crippen molar-refractivity contribution < 1.29 is 5.11 Å². The zero-order valence-electron chi connectivity index (χ0n) is 9.98. The van der Waals surface area contributed by atoms with Crippen LogP contribution in [0, 0.1) is 5.92 Å². The maximum absolute atomic E-state index is 10.1. The zero-order valence-corrected chi connectivity index (χ0v) is 10.7. The van der Waals surface area contributed by atoms with Crippen LogP contribution >= 0.6 is 11.6 Å². The number of hydrogen-bond donors (Lipinski definition) is 2. The summed E-state index contributed by atoms with van der Waals surface area (Å²) in [5, 5.41) is 10.9. The Labute approximate surface area is 108 Å². The van der Waals surface area contributed by atoms with Gasteiger partial charge >= 0.3 is 0 Å². The Balaban J connectivity index is 2.23. The zero-order chi connectivity index (χ0) is 12.3. The molecule has 3 heteroatoms. The highest BCUT2D eigenvalue weighted by Crippen LogP contribution is 2.38. The van der Waals surface area contributed by atoms with Crippen molar-refractivity contribution in [2.45, 2.75) is 37.7 Å². The molecule has 0 spiro atoms. The van der Waals surface area contributed by atoms with Crippen LogP contribution in [0.2, 0.25) is 5.02 Å². The van der Waals surface area contributed by atoms with Crippen LogP contribution in [0.5, 0.6) is 0 Å². The summed E-state index contributed by atoms with van der Waals surface area (Å²) < 4.78 is 0. The lowest BCUT2D eigenvalue weighted by molar-refractivity contribution is 0.0561. The lowest BCUT2D eigenvalue weighted by Crippen LogP contribution is -2.33. The molecule has 0 heterocycles. The first kappa shape index (κ1) is 12.9. The molecule has 0 amide bonds. The van der Waals surface area contributed by atoms with Crippen molar-refractivity contribution in [2.75, 3.05) is 6.54 Å². The normalized spacial score (nSPS) is 26.8. The maximum Gasteiger partial charge on any atom is 0.0574 e. The quantitative estimate of drug-likeness (QED) is 0.870. The molecule has 0 aliphatic heterocycles. The number of nitrogens with two attached hydrogens (primary N) is 1. The smallest absolute Gasteiger partial charge is 0.0574 e. The van der Waals surface area contributed by atoms with E-state index in [0.717, 1.165) is 29.8 Å². The fourth-order valence-electron chi connectivity index (χ4n) is 2.92. The first-order valence-electron chi connectivity index (χ1n) is 6.36. The van der Waals surface area contributed by atoms with E-state index in [1.165, 1.54) is 6.42 Å². The van der Waals surface area contributed by atoms with Gasteiger partial charge in [-0.25, -0.2) is 0 Å². The van der Waals surface area contributed by atoms with Crippen LogP contribution < -0.4 is 5.73 Å². The number of benzene rings is 1. The molecular weight excluding hydrogens is 234 g/mol. The molecule has 0 aromatic heterocycles. The van der Waals surface area contributed by atoms with Crippen LogP contribution in [-0.2, 0) is 0 Å². The average Bonchev–Trinajstić information content (AvgIpc) is 2.34. The lowest BCUT2D eigenvalue weighted by Gasteiger charge is -2.34. The van der Waals surface area contributed by atoms with Crippen molar-refractivity contribution in [3.8, 4) is 0 Å². The molecule has 3 N–H and O–H groups in total. The monoisotopic (exact) mass is 253 g/mol. The fraction of sp³-hybridized carbons (Fsp3) is 0.571. The molecule has 0 radical (unpaired) electrons. The predicted molar refractivity (Wildman–Crippen MR) is 71.2 cm³/mol. The fourth-order valence-corrected chi connectivity index (χ4v) is 3.19. The van der Waals surface area contributed by atoms with Gasteiger partial charge in [0.05, 0.1) is 6.10 Å². The van der Waals surface area contributed by atoms with E-state index in [1.54, 1.807) is 0 Å². The molecule has 1 aromatic rings. The Morgan fingerprint density at radius 2 is 2.00 bits per heavy atom. The largest absolute Gasteiger partial charge is 0.393 e. The predicted octanol–water partition coefficient (Wildman–Crippen LogP) is 2.93. The summed E-state index contributed by atoms with van der Waals surface area (Å²) in [6.45, 7) is 0.547. The molecule has 1 saturated carbocycles. The van der Waals surface area contributed by atoms with Gasteiger partial charge in [0.1, 0.15) is 0 Å². The van der Waals surface area contributed by atoms with Gasteiger partial charge in [0, 0.05) is 10.9 Å². The number of halogens is 1. The lowest BCUT2D eigenvalue weighted by atomic mass is 9.75. The minimum atomic E-state index is -0.228. The van der Waals surface area contributed by atoms with E-state index in [4.69, 9.17) is 17.3 Å². The Hall–Kier alpha value is -0.570. The summed E-state index contributed by atoms with van der Waals surface area (Å²) in [5.74, 6) is 0.438. The van der Waals surface area contributed by atoms with Gasteiger partial charge in [-0.05, 0) is 36.9 Å². The molecular formula is C14H20ClNO. The van der Waals surface area contributed by atoms with Crippen molar-refractivity contribution >= 4 is 11.6 Å². The van der Waals surface area contributed by atoms with Gasteiger partial charge in [-0.2, -0.15) is 0 Å². The molecule has 1 aliphatic rings. The highest BCUT2D eigenvalue weighted by Gasteiger charge is 2.31. The third kappa shape index (κ3) is 2.82. The third-order valence-corrected chi connectivity index (χ3v) is 4.20. The number of aliphatic hydroxyl groups is 1. The molecule has 1 fully saturated rings. The van der Waals surface area contributed by atoms with E-state index >= 15 is 0 Å². The van der Waals surface area contributed by atoms with Gasteiger partial charge < -0.3 is 10.8 Å². The number of rotatable bonds is 3. The van der Waals surface area contributed by atoms with Crippen LogP contribution in [0.15, 0.2) is 24.3 Å². The summed E-state index contributed by atoms with van der Waals surface area (Å²) in [6.07, 6.45) is 4.02. The highest BCUT2D eigenvalue weighted by molar-refractivity contribution is 6.31. The Morgan fingerprint density at radius 3 is 2.65 bits per heavy atom. The van der Waals surface area contributed by atoms with E-state index in [9.17, 15) is 5.11 Å². The van der Waals surface area contributed by atoms with Gasteiger partial charge in [-0.3, -0.25) is 0 Å². The van der Waals surface area contributed by atoms with Crippen LogP contribution in [0.1, 0.15) is 37.2 Å². The summed E-state index contributed by atoms with van der Waals surface area (Å²) in [4.78, 5) is 0. The first-order valence-corrected chi connectivity index (χ1v) is 6.74. The molecule has 0 bridgehead atoms. The van der Waals surface area contributed by atoms with Crippen molar-refractivity contribution in [1.29, 1.82) is 0 Å². The van der Waals surface area contributed by atoms with Gasteiger partial charge in [0.15, 0.2) is 0 Å². The van der Waals surface area contributed by atoms with Crippen molar-refractivity contribution in [3.05, 3.63) is 34.9 Å².